The molecular weight excluding hydrogens is 264 g/mol. The Balaban J connectivity index is 1.83. The number of carbonyl (C=O) groups is 1. The van der Waals surface area contributed by atoms with Gasteiger partial charge in [0, 0.05) is 11.8 Å². The topological polar surface area (TPSA) is 46.5 Å². The van der Waals surface area contributed by atoms with Crippen LogP contribution < -0.4 is 4.74 Å². The van der Waals surface area contributed by atoms with Crippen LogP contribution in [-0.2, 0) is 4.79 Å². The van der Waals surface area contributed by atoms with E-state index in [1.807, 2.05) is 25.1 Å². The number of ketones is 1. The van der Waals surface area contributed by atoms with Gasteiger partial charge in [-0.3, -0.25) is 4.79 Å². The predicted octanol–water partition coefficient (Wildman–Crippen LogP) is 3.52. The Morgan fingerprint density at radius 2 is 1.90 bits per heavy atom. The molecular formula is C18H20O3. The number of hydrogen-bond donors (Lipinski definition) is 1. The molecule has 0 saturated heterocycles. The Labute approximate surface area is 124 Å². The predicted molar refractivity (Wildman–Crippen MR) is 80.1 cm³/mol. The number of fused-ring (bicyclic) bond motifs is 5. The molecule has 3 aliphatic carbocycles. The smallest absolute Gasteiger partial charge is 0.170 e. The molecule has 2 saturated carbocycles. The van der Waals surface area contributed by atoms with E-state index in [-0.39, 0.29) is 17.6 Å². The fraction of sp³-hybridized carbons (Fsp3) is 0.500. The van der Waals surface area contributed by atoms with Crippen LogP contribution in [-0.4, -0.2) is 18.0 Å². The summed E-state index contributed by atoms with van der Waals surface area (Å²) in [6.07, 6.45) is 3.43. The van der Waals surface area contributed by atoms with Crippen LogP contribution in [0.15, 0.2) is 24.0 Å². The zero-order valence-electron chi connectivity index (χ0n) is 12.4. The van der Waals surface area contributed by atoms with E-state index in [2.05, 4.69) is 0 Å². The number of aryl methyl sites for hydroxylation is 1. The van der Waals surface area contributed by atoms with Crippen LogP contribution in [0.1, 0.15) is 30.4 Å². The lowest BCUT2D eigenvalue weighted by atomic mass is 9.80. The van der Waals surface area contributed by atoms with Crippen LogP contribution in [0.25, 0.3) is 5.57 Å². The van der Waals surface area contributed by atoms with E-state index in [0.29, 0.717) is 23.2 Å². The van der Waals surface area contributed by atoms with Gasteiger partial charge >= 0.3 is 0 Å². The van der Waals surface area contributed by atoms with Gasteiger partial charge in [0.2, 0.25) is 0 Å². The van der Waals surface area contributed by atoms with Crippen molar-refractivity contribution in [3.8, 4) is 5.75 Å². The van der Waals surface area contributed by atoms with Crippen molar-refractivity contribution in [2.75, 3.05) is 7.11 Å². The Morgan fingerprint density at radius 1 is 1.19 bits per heavy atom. The van der Waals surface area contributed by atoms with Gasteiger partial charge in [-0.05, 0) is 61.3 Å². The van der Waals surface area contributed by atoms with Gasteiger partial charge in [-0.1, -0.05) is 6.07 Å². The number of allylic oxidation sites excluding steroid dienone is 2. The van der Waals surface area contributed by atoms with Crippen molar-refractivity contribution in [1.82, 2.24) is 0 Å². The molecule has 0 amide bonds. The lowest BCUT2D eigenvalue weighted by Gasteiger charge is -2.23. The minimum atomic E-state index is 0.0318. The highest BCUT2D eigenvalue weighted by Crippen LogP contribution is 2.60. The number of ether oxygens (including phenoxy) is 1. The maximum Gasteiger partial charge on any atom is 0.170 e. The van der Waals surface area contributed by atoms with Crippen LogP contribution in [0.5, 0.6) is 5.75 Å². The highest BCUT2D eigenvalue weighted by Gasteiger charge is 2.57. The zero-order chi connectivity index (χ0) is 14.7. The molecule has 21 heavy (non-hydrogen) atoms. The average molecular weight is 284 g/mol. The molecule has 2 bridgehead atoms. The van der Waals surface area contributed by atoms with Gasteiger partial charge in [-0.2, -0.15) is 0 Å². The first-order valence-corrected chi connectivity index (χ1v) is 7.74. The average Bonchev–Trinajstić information content (AvgIpc) is 3.15. The molecule has 0 spiro atoms. The molecule has 1 N–H and O–H groups in total. The Bertz CT molecular complexity index is 658. The Hall–Kier alpha value is -1.77. The largest absolute Gasteiger partial charge is 0.511 e. The second kappa shape index (κ2) is 4.36. The van der Waals surface area contributed by atoms with Crippen molar-refractivity contribution in [2.45, 2.75) is 26.2 Å². The minimum Gasteiger partial charge on any atom is -0.511 e. The second-order valence-electron chi connectivity index (χ2n) is 6.69. The fourth-order valence-corrected chi connectivity index (χ4v) is 4.79. The van der Waals surface area contributed by atoms with Gasteiger partial charge < -0.3 is 9.84 Å². The molecule has 3 nitrogen and oxygen atoms in total. The molecule has 4 rings (SSSR count). The highest BCUT2D eigenvalue weighted by atomic mass is 16.5. The van der Waals surface area contributed by atoms with Gasteiger partial charge in [-0.15, -0.1) is 0 Å². The molecule has 2 unspecified atom stereocenters. The first-order chi connectivity index (χ1) is 10.1. The molecule has 0 radical (unpaired) electrons. The van der Waals surface area contributed by atoms with E-state index in [1.165, 1.54) is 0 Å². The van der Waals surface area contributed by atoms with E-state index in [1.54, 1.807) is 7.11 Å². The van der Waals surface area contributed by atoms with Crippen LogP contribution >= 0.6 is 0 Å². The molecule has 3 aliphatic rings. The molecule has 0 aliphatic heterocycles. The summed E-state index contributed by atoms with van der Waals surface area (Å²) in [6, 6.07) is 5.71. The number of rotatable bonds is 2. The summed E-state index contributed by atoms with van der Waals surface area (Å²) in [6.45, 7) is 1.98. The lowest BCUT2D eigenvalue weighted by molar-refractivity contribution is -0.118. The van der Waals surface area contributed by atoms with E-state index in [9.17, 15) is 9.90 Å². The van der Waals surface area contributed by atoms with Gasteiger partial charge in [0.05, 0.1) is 12.7 Å². The molecule has 4 atom stereocenters. The number of aliphatic hydroxyl groups is 1. The van der Waals surface area contributed by atoms with Crippen molar-refractivity contribution in [2.24, 2.45) is 23.7 Å². The molecule has 2 fully saturated rings. The summed E-state index contributed by atoms with van der Waals surface area (Å²) < 4.78 is 5.27. The molecule has 3 heteroatoms. The van der Waals surface area contributed by atoms with E-state index in [0.717, 1.165) is 36.1 Å². The number of benzene rings is 1. The van der Waals surface area contributed by atoms with Crippen molar-refractivity contribution >= 4 is 11.4 Å². The van der Waals surface area contributed by atoms with Crippen LogP contribution in [0.4, 0.5) is 0 Å². The molecule has 1 aromatic rings. The highest BCUT2D eigenvalue weighted by molar-refractivity contribution is 6.25. The third-order valence-electron chi connectivity index (χ3n) is 5.75. The number of methoxy groups -OCH3 is 1. The fourth-order valence-electron chi connectivity index (χ4n) is 4.79. The number of hydrogen-bond acceptors (Lipinski definition) is 3. The van der Waals surface area contributed by atoms with Gasteiger partial charge in [0.1, 0.15) is 11.5 Å². The Morgan fingerprint density at radius 3 is 2.57 bits per heavy atom. The summed E-state index contributed by atoms with van der Waals surface area (Å²) >= 11 is 0. The van der Waals surface area contributed by atoms with Gasteiger partial charge in [0.15, 0.2) is 5.78 Å². The van der Waals surface area contributed by atoms with Crippen molar-refractivity contribution in [3.63, 3.8) is 0 Å². The van der Waals surface area contributed by atoms with Gasteiger partial charge in [-0.25, -0.2) is 0 Å². The standard InChI is InChI=1S/C18H20O3/c1-9-3-6-12(21-2)8-13(9)16-17(19)14-10-4-5-11(7-10)15(14)18(16)20/h3,6,8,10-11,14-15,19H,4-5,7H2,1-2H3/t10-,11+,14?,15?/m0/s1. The number of aliphatic hydroxyl groups excluding tert-OH is 1. The van der Waals surface area contributed by atoms with Crippen LogP contribution in [0.2, 0.25) is 0 Å². The normalized spacial score (nSPS) is 33.7. The quantitative estimate of drug-likeness (QED) is 0.904. The van der Waals surface area contributed by atoms with E-state index < -0.39 is 0 Å². The summed E-state index contributed by atoms with van der Waals surface area (Å²) in [5.74, 6) is 2.32. The first-order valence-electron chi connectivity index (χ1n) is 7.74. The van der Waals surface area contributed by atoms with E-state index >= 15 is 0 Å². The summed E-state index contributed by atoms with van der Waals surface area (Å²) in [5, 5.41) is 10.7. The van der Waals surface area contributed by atoms with Crippen molar-refractivity contribution in [1.29, 1.82) is 0 Å². The number of Topliss-reactive ketones (excluding diaryl/α,β-unsaturated/α-hetero) is 1. The van der Waals surface area contributed by atoms with E-state index in [4.69, 9.17) is 4.74 Å². The van der Waals surface area contributed by atoms with Crippen LogP contribution in [0, 0.1) is 30.6 Å². The van der Waals surface area contributed by atoms with Gasteiger partial charge in [0.25, 0.3) is 0 Å². The van der Waals surface area contributed by atoms with Crippen LogP contribution in [0.3, 0.4) is 0 Å². The monoisotopic (exact) mass is 284 g/mol. The summed E-state index contributed by atoms with van der Waals surface area (Å²) in [7, 11) is 1.62. The number of carbonyl (C=O) groups excluding carboxylic acids is 1. The SMILES string of the molecule is COc1ccc(C)c(C2=C(O)C3C(C2=O)[C@@H]2CC[C@H]3C2)c1. The first kappa shape index (κ1) is 12.9. The molecule has 110 valence electrons. The third kappa shape index (κ3) is 1.63. The second-order valence-corrected chi connectivity index (χ2v) is 6.69. The molecule has 0 heterocycles. The summed E-state index contributed by atoms with van der Waals surface area (Å²) in [4.78, 5) is 12.9. The van der Waals surface area contributed by atoms with Crippen molar-refractivity contribution in [3.05, 3.63) is 35.1 Å². The van der Waals surface area contributed by atoms with Crippen molar-refractivity contribution < 1.29 is 14.6 Å². The lowest BCUT2D eigenvalue weighted by Crippen LogP contribution is -2.24. The molecule has 1 aromatic carbocycles. The summed E-state index contributed by atoms with van der Waals surface area (Å²) in [5.41, 5.74) is 2.40. The molecule has 0 aromatic heterocycles. The minimum absolute atomic E-state index is 0.0318. The zero-order valence-corrected chi connectivity index (χ0v) is 12.4. The Kier molecular flexibility index (Phi) is 2.69. The maximum absolute atomic E-state index is 12.9. The third-order valence-corrected chi connectivity index (χ3v) is 5.75. The maximum atomic E-state index is 12.9.